The maximum Gasteiger partial charge on any atom is 0.416 e. The highest BCUT2D eigenvalue weighted by Crippen LogP contribution is 2.36. The Hall–Kier alpha value is -2.71. The van der Waals surface area contributed by atoms with E-state index in [1.54, 1.807) is 0 Å². The Morgan fingerprint density at radius 3 is 2.42 bits per heavy atom. The number of nitrogens with one attached hydrogen (secondary N) is 1. The van der Waals surface area contributed by atoms with Crippen LogP contribution in [0.3, 0.4) is 0 Å². The number of hydrogen-bond donors (Lipinski definition) is 1. The van der Waals surface area contributed by atoms with E-state index in [-0.39, 0.29) is 17.1 Å². The SMILES string of the molecule is COC(=O)/C=C(/Nc1cc(OCC2CC2)cc(C(F)(F)F)c1)C(=O)OC. The zero-order valence-electron chi connectivity index (χ0n) is 14.2. The third-order valence-electron chi connectivity index (χ3n) is 3.56. The van der Waals surface area contributed by atoms with Crippen LogP contribution in [0.25, 0.3) is 0 Å². The van der Waals surface area contributed by atoms with Gasteiger partial charge in [0.1, 0.15) is 11.4 Å². The Morgan fingerprint density at radius 1 is 1.19 bits per heavy atom. The molecule has 26 heavy (non-hydrogen) atoms. The highest BCUT2D eigenvalue weighted by molar-refractivity contribution is 5.98. The monoisotopic (exact) mass is 373 g/mol. The summed E-state index contributed by atoms with van der Waals surface area (Å²) in [5.74, 6) is -1.44. The summed E-state index contributed by atoms with van der Waals surface area (Å²) in [6.07, 6.45) is -1.85. The predicted molar refractivity (Wildman–Crippen MR) is 85.4 cm³/mol. The van der Waals surface area contributed by atoms with Crippen LogP contribution in [0.2, 0.25) is 0 Å². The minimum atomic E-state index is -4.60. The van der Waals surface area contributed by atoms with Crippen molar-refractivity contribution in [2.24, 2.45) is 5.92 Å². The van der Waals surface area contributed by atoms with Gasteiger partial charge in [-0.1, -0.05) is 0 Å². The van der Waals surface area contributed by atoms with E-state index >= 15 is 0 Å². The number of halogens is 3. The van der Waals surface area contributed by atoms with Gasteiger partial charge in [-0.3, -0.25) is 0 Å². The van der Waals surface area contributed by atoms with E-state index in [1.165, 1.54) is 6.07 Å². The molecule has 0 aliphatic heterocycles. The summed E-state index contributed by atoms with van der Waals surface area (Å²) in [4.78, 5) is 23.1. The number of anilines is 1. The molecule has 0 bridgehead atoms. The highest BCUT2D eigenvalue weighted by atomic mass is 19.4. The van der Waals surface area contributed by atoms with Crippen molar-refractivity contribution in [2.75, 3.05) is 26.1 Å². The molecule has 0 saturated heterocycles. The number of ether oxygens (including phenoxy) is 3. The Kier molecular flexibility index (Phi) is 6.12. The van der Waals surface area contributed by atoms with Crippen LogP contribution in [0.5, 0.6) is 5.75 Å². The summed E-state index contributed by atoms with van der Waals surface area (Å²) in [6, 6.07) is 3.00. The van der Waals surface area contributed by atoms with Gasteiger partial charge in [0, 0.05) is 11.8 Å². The molecule has 1 fully saturated rings. The molecule has 0 aromatic heterocycles. The number of hydrogen-bond acceptors (Lipinski definition) is 6. The lowest BCUT2D eigenvalue weighted by atomic mass is 10.1. The fourth-order valence-corrected chi connectivity index (χ4v) is 2.01. The maximum atomic E-state index is 13.1. The molecule has 1 saturated carbocycles. The maximum absolute atomic E-state index is 13.1. The molecular formula is C17H18F3NO5. The Balaban J connectivity index is 2.31. The van der Waals surface area contributed by atoms with Gasteiger partial charge >= 0.3 is 18.1 Å². The largest absolute Gasteiger partial charge is 0.493 e. The van der Waals surface area contributed by atoms with Crippen molar-refractivity contribution in [3.8, 4) is 5.75 Å². The summed E-state index contributed by atoms with van der Waals surface area (Å²) in [5, 5.41) is 2.46. The average Bonchev–Trinajstić information content (AvgIpc) is 3.42. The molecule has 9 heteroatoms. The highest BCUT2D eigenvalue weighted by Gasteiger charge is 2.32. The van der Waals surface area contributed by atoms with Gasteiger partial charge in [-0.25, -0.2) is 9.59 Å². The average molecular weight is 373 g/mol. The molecule has 0 heterocycles. The number of esters is 2. The number of methoxy groups -OCH3 is 2. The molecule has 142 valence electrons. The van der Waals surface area contributed by atoms with Gasteiger partial charge in [0.25, 0.3) is 0 Å². The first-order valence-electron chi connectivity index (χ1n) is 7.73. The number of rotatable bonds is 7. The van der Waals surface area contributed by atoms with Crippen LogP contribution < -0.4 is 10.1 Å². The minimum absolute atomic E-state index is 0.0107. The lowest BCUT2D eigenvalue weighted by Crippen LogP contribution is -2.16. The molecule has 6 nitrogen and oxygen atoms in total. The molecule has 2 rings (SSSR count). The Morgan fingerprint density at radius 2 is 1.88 bits per heavy atom. The molecule has 1 N–H and O–H groups in total. The molecule has 1 aromatic carbocycles. The van der Waals surface area contributed by atoms with Gasteiger partial charge < -0.3 is 19.5 Å². The first kappa shape index (κ1) is 19.6. The van der Waals surface area contributed by atoms with Crippen LogP contribution in [-0.4, -0.2) is 32.8 Å². The van der Waals surface area contributed by atoms with E-state index in [0.29, 0.717) is 12.5 Å². The zero-order chi connectivity index (χ0) is 19.3. The third kappa shape index (κ3) is 5.68. The summed E-state index contributed by atoms with van der Waals surface area (Å²) in [5.41, 5.74) is -1.39. The summed E-state index contributed by atoms with van der Waals surface area (Å²) in [7, 11) is 2.17. The van der Waals surface area contributed by atoms with Gasteiger partial charge in [0.05, 0.1) is 32.5 Å². The number of alkyl halides is 3. The number of carbonyl (C=O) groups excluding carboxylic acids is 2. The van der Waals surface area contributed by atoms with Crippen molar-refractivity contribution >= 4 is 17.6 Å². The van der Waals surface area contributed by atoms with E-state index < -0.39 is 23.7 Å². The van der Waals surface area contributed by atoms with E-state index in [2.05, 4.69) is 14.8 Å². The van der Waals surface area contributed by atoms with Crippen molar-refractivity contribution in [2.45, 2.75) is 19.0 Å². The van der Waals surface area contributed by atoms with E-state index in [9.17, 15) is 22.8 Å². The Labute approximate surface area is 147 Å². The van der Waals surface area contributed by atoms with Gasteiger partial charge in [-0.15, -0.1) is 0 Å². The molecule has 0 atom stereocenters. The van der Waals surface area contributed by atoms with E-state index in [1.807, 2.05) is 0 Å². The van der Waals surface area contributed by atoms with Crippen molar-refractivity contribution in [1.29, 1.82) is 0 Å². The third-order valence-corrected chi connectivity index (χ3v) is 3.56. The Bertz CT molecular complexity index is 711. The predicted octanol–water partition coefficient (Wildman–Crippen LogP) is 3.14. The van der Waals surface area contributed by atoms with Gasteiger partial charge in [0.15, 0.2) is 0 Å². The second-order valence-electron chi connectivity index (χ2n) is 5.70. The fourth-order valence-electron chi connectivity index (χ4n) is 2.01. The van der Waals surface area contributed by atoms with Gasteiger partial charge in [-0.05, 0) is 30.9 Å². The van der Waals surface area contributed by atoms with E-state index in [0.717, 1.165) is 45.3 Å². The lowest BCUT2D eigenvalue weighted by Gasteiger charge is -2.15. The van der Waals surface area contributed by atoms with Crippen molar-refractivity contribution < 1.29 is 37.0 Å². The molecule has 0 spiro atoms. The first-order chi connectivity index (χ1) is 12.2. The smallest absolute Gasteiger partial charge is 0.416 e. The van der Waals surface area contributed by atoms with Crippen molar-refractivity contribution in [1.82, 2.24) is 0 Å². The topological polar surface area (TPSA) is 73.9 Å². The second kappa shape index (κ2) is 8.11. The van der Waals surface area contributed by atoms with Crippen LogP contribution in [-0.2, 0) is 25.2 Å². The van der Waals surface area contributed by atoms with Crippen LogP contribution in [0, 0.1) is 5.92 Å². The molecular weight excluding hydrogens is 355 g/mol. The summed E-state index contributed by atoms with van der Waals surface area (Å²) >= 11 is 0. The minimum Gasteiger partial charge on any atom is -0.493 e. The number of carbonyl (C=O) groups is 2. The molecule has 1 aliphatic rings. The fraction of sp³-hybridized carbons (Fsp3) is 0.412. The molecule has 0 radical (unpaired) electrons. The molecule has 1 aliphatic carbocycles. The van der Waals surface area contributed by atoms with Gasteiger partial charge in [0.2, 0.25) is 0 Å². The van der Waals surface area contributed by atoms with E-state index in [4.69, 9.17) is 4.74 Å². The zero-order valence-corrected chi connectivity index (χ0v) is 14.2. The number of benzene rings is 1. The van der Waals surface area contributed by atoms with Crippen LogP contribution in [0.15, 0.2) is 30.0 Å². The summed E-state index contributed by atoms with van der Waals surface area (Å²) in [6.45, 7) is 0.322. The first-order valence-corrected chi connectivity index (χ1v) is 7.73. The van der Waals surface area contributed by atoms with Crippen LogP contribution >= 0.6 is 0 Å². The molecule has 1 aromatic rings. The normalized spacial score (nSPS) is 14.6. The van der Waals surface area contributed by atoms with Gasteiger partial charge in [-0.2, -0.15) is 13.2 Å². The second-order valence-corrected chi connectivity index (χ2v) is 5.70. The van der Waals surface area contributed by atoms with Crippen molar-refractivity contribution in [3.63, 3.8) is 0 Å². The standard InChI is InChI=1S/C17H18F3NO5/c1-24-15(22)8-14(16(23)25-2)21-12-5-11(17(18,19)20)6-13(7-12)26-9-10-3-4-10/h5-8,10,21H,3-4,9H2,1-2H3/b14-8+. The lowest BCUT2D eigenvalue weighted by molar-refractivity contribution is -0.138. The van der Waals surface area contributed by atoms with Crippen LogP contribution in [0.4, 0.5) is 18.9 Å². The molecule has 0 unspecified atom stereocenters. The van der Waals surface area contributed by atoms with Crippen molar-refractivity contribution in [3.05, 3.63) is 35.5 Å². The molecule has 0 amide bonds. The quantitative estimate of drug-likeness (QED) is 0.585. The summed E-state index contributed by atoms with van der Waals surface area (Å²) < 4.78 is 53.7. The van der Waals surface area contributed by atoms with Crippen LogP contribution in [0.1, 0.15) is 18.4 Å².